The normalized spacial score (nSPS) is 11.5. The first-order valence-corrected chi connectivity index (χ1v) is 10.3. The van der Waals surface area contributed by atoms with Crippen LogP contribution in [0.5, 0.6) is 0 Å². The van der Waals surface area contributed by atoms with E-state index in [9.17, 15) is 22.4 Å². The molecule has 0 unspecified atom stereocenters. The topological polar surface area (TPSA) is 54.0 Å². The van der Waals surface area contributed by atoms with Gasteiger partial charge in [0.15, 0.2) is 0 Å². The highest BCUT2D eigenvalue weighted by molar-refractivity contribution is 7.99. The number of carbonyl (C=O) groups excluding carboxylic acids is 1. The van der Waals surface area contributed by atoms with Crippen LogP contribution >= 0.6 is 11.8 Å². The number of amides is 1. The molecule has 1 heterocycles. The zero-order valence-electron chi connectivity index (χ0n) is 16.9. The van der Waals surface area contributed by atoms with Crippen molar-refractivity contribution in [2.75, 3.05) is 12.4 Å². The molecule has 0 fully saturated rings. The lowest BCUT2D eigenvalue weighted by atomic mass is 10.2. The number of anilines is 1. The van der Waals surface area contributed by atoms with Gasteiger partial charge in [-0.1, -0.05) is 42.1 Å². The molecule has 0 radical (unpaired) electrons. The molecule has 3 aromatic rings. The summed E-state index contributed by atoms with van der Waals surface area (Å²) in [5, 5.41) is 5.45. The van der Waals surface area contributed by atoms with Gasteiger partial charge in [-0.2, -0.15) is 13.2 Å². The summed E-state index contributed by atoms with van der Waals surface area (Å²) in [6.07, 6.45) is -1.97. The number of rotatable bonds is 7. The third kappa shape index (κ3) is 6.34. The summed E-state index contributed by atoms with van der Waals surface area (Å²) in [5.74, 6) is -0.910. The largest absolute Gasteiger partial charge is 0.433 e. The number of nitrogens with zero attached hydrogens (tertiary/aromatic N) is 1. The Morgan fingerprint density at radius 1 is 1.09 bits per heavy atom. The Morgan fingerprint density at radius 3 is 2.50 bits per heavy atom. The lowest BCUT2D eigenvalue weighted by Crippen LogP contribution is -2.20. The molecule has 2 N–H and O–H groups in total. The summed E-state index contributed by atoms with van der Waals surface area (Å²) in [6, 6.07) is 15.5. The number of pyridine rings is 1. The average molecular weight is 461 g/mol. The fourth-order valence-corrected chi connectivity index (χ4v) is 3.62. The van der Waals surface area contributed by atoms with Crippen molar-refractivity contribution < 1.29 is 22.4 Å². The molecular weight excluding hydrogens is 442 g/mol. The molecule has 1 aromatic heterocycles. The van der Waals surface area contributed by atoms with Crippen LogP contribution in [0.4, 0.5) is 23.2 Å². The molecule has 0 saturated carbocycles. The maximum atomic E-state index is 13.8. The monoisotopic (exact) mass is 461 g/mol. The van der Waals surface area contributed by atoms with Crippen LogP contribution in [0.1, 0.15) is 16.8 Å². The van der Waals surface area contributed by atoms with Crippen LogP contribution in [-0.2, 0) is 17.5 Å². The standard InChI is InChI=1S/C23H19F4N3OS/c1-28-19-10-7-15(13-18(19)24)14-29-21(31)12-9-16-8-11-20(23(25,26)27)30-22(16)32-17-5-3-2-4-6-17/h2-13,28H,14H2,1H3,(H,29,31)/b12-9+. The smallest absolute Gasteiger partial charge is 0.386 e. The lowest BCUT2D eigenvalue weighted by Gasteiger charge is -2.10. The minimum Gasteiger partial charge on any atom is -0.386 e. The molecule has 0 spiro atoms. The maximum Gasteiger partial charge on any atom is 0.433 e. The van der Waals surface area contributed by atoms with E-state index in [1.807, 2.05) is 0 Å². The molecular formula is C23H19F4N3OS. The molecule has 0 atom stereocenters. The number of carbonyl (C=O) groups is 1. The first-order chi connectivity index (χ1) is 15.3. The Kier molecular flexibility index (Phi) is 7.53. The Labute approximate surface area is 186 Å². The van der Waals surface area contributed by atoms with Crippen molar-refractivity contribution in [2.45, 2.75) is 22.6 Å². The van der Waals surface area contributed by atoms with Crippen molar-refractivity contribution in [1.29, 1.82) is 0 Å². The fourth-order valence-electron chi connectivity index (χ4n) is 2.70. The van der Waals surface area contributed by atoms with Crippen molar-refractivity contribution in [2.24, 2.45) is 0 Å². The fraction of sp³-hybridized carbons (Fsp3) is 0.130. The van der Waals surface area contributed by atoms with Crippen LogP contribution in [0.3, 0.4) is 0 Å². The molecule has 166 valence electrons. The summed E-state index contributed by atoms with van der Waals surface area (Å²) in [5.41, 5.74) is 0.272. The predicted molar refractivity (Wildman–Crippen MR) is 117 cm³/mol. The van der Waals surface area contributed by atoms with E-state index in [0.29, 0.717) is 21.7 Å². The summed E-state index contributed by atoms with van der Waals surface area (Å²) in [7, 11) is 1.60. The van der Waals surface area contributed by atoms with Crippen molar-refractivity contribution >= 4 is 29.4 Å². The Morgan fingerprint density at radius 2 is 1.84 bits per heavy atom. The molecule has 3 rings (SSSR count). The van der Waals surface area contributed by atoms with E-state index in [1.165, 1.54) is 24.3 Å². The number of halogens is 4. The summed E-state index contributed by atoms with van der Waals surface area (Å²) in [6.45, 7) is 0.0982. The first kappa shape index (κ1) is 23.3. The van der Waals surface area contributed by atoms with Crippen LogP contribution < -0.4 is 10.6 Å². The van der Waals surface area contributed by atoms with Gasteiger partial charge in [0.05, 0.1) is 5.69 Å². The molecule has 9 heteroatoms. The Hall–Kier alpha value is -3.33. The molecule has 0 aliphatic rings. The van der Waals surface area contributed by atoms with Gasteiger partial charge in [0, 0.05) is 30.1 Å². The second-order valence-electron chi connectivity index (χ2n) is 6.62. The predicted octanol–water partition coefficient (Wildman–Crippen LogP) is 5.76. The van der Waals surface area contributed by atoms with Crippen LogP contribution in [0.25, 0.3) is 6.08 Å². The van der Waals surface area contributed by atoms with E-state index in [2.05, 4.69) is 15.6 Å². The van der Waals surface area contributed by atoms with Crippen LogP contribution in [-0.4, -0.2) is 17.9 Å². The van der Waals surface area contributed by atoms with Gasteiger partial charge in [-0.3, -0.25) is 4.79 Å². The van der Waals surface area contributed by atoms with Gasteiger partial charge in [0.25, 0.3) is 0 Å². The second kappa shape index (κ2) is 10.3. The molecule has 1 amide bonds. The highest BCUT2D eigenvalue weighted by Gasteiger charge is 2.33. The molecule has 4 nitrogen and oxygen atoms in total. The van der Waals surface area contributed by atoms with E-state index in [0.717, 1.165) is 17.8 Å². The molecule has 0 saturated heterocycles. The molecule has 32 heavy (non-hydrogen) atoms. The van der Waals surface area contributed by atoms with Crippen molar-refractivity contribution in [1.82, 2.24) is 10.3 Å². The lowest BCUT2D eigenvalue weighted by molar-refractivity contribution is -0.141. The molecule has 0 aliphatic heterocycles. The summed E-state index contributed by atoms with van der Waals surface area (Å²) < 4.78 is 53.1. The minimum atomic E-state index is -4.58. The molecule has 0 aliphatic carbocycles. The first-order valence-electron chi connectivity index (χ1n) is 9.49. The minimum absolute atomic E-state index is 0.0982. The van der Waals surface area contributed by atoms with Gasteiger partial charge in [-0.15, -0.1) is 0 Å². The van der Waals surface area contributed by atoms with Crippen LogP contribution in [0.2, 0.25) is 0 Å². The molecule has 2 aromatic carbocycles. The number of nitrogens with one attached hydrogen (secondary N) is 2. The van der Waals surface area contributed by atoms with E-state index in [1.54, 1.807) is 49.5 Å². The van der Waals surface area contributed by atoms with Gasteiger partial charge in [-0.05, 0) is 42.0 Å². The van der Waals surface area contributed by atoms with Gasteiger partial charge in [0.2, 0.25) is 5.91 Å². The SMILES string of the molecule is CNc1ccc(CNC(=O)/C=C/c2ccc(C(F)(F)F)nc2Sc2ccccc2)cc1F. The Bertz CT molecular complexity index is 1120. The van der Waals surface area contributed by atoms with Crippen molar-refractivity contribution in [3.63, 3.8) is 0 Å². The van der Waals surface area contributed by atoms with Crippen LogP contribution in [0.15, 0.2) is 76.7 Å². The van der Waals surface area contributed by atoms with E-state index in [-0.39, 0.29) is 11.6 Å². The summed E-state index contributed by atoms with van der Waals surface area (Å²) in [4.78, 5) is 16.6. The highest BCUT2D eigenvalue weighted by Crippen LogP contribution is 2.34. The zero-order valence-corrected chi connectivity index (χ0v) is 17.7. The Balaban J connectivity index is 1.74. The van der Waals surface area contributed by atoms with Crippen molar-refractivity contribution in [3.05, 3.63) is 89.4 Å². The quantitative estimate of drug-likeness (QED) is 0.347. The van der Waals surface area contributed by atoms with Crippen molar-refractivity contribution in [3.8, 4) is 0 Å². The van der Waals surface area contributed by atoms with E-state index >= 15 is 0 Å². The maximum absolute atomic E-state index is 13.8. The third-order valence-corrected chi connectivity index (χ3v) is 5.35. The van der Waals surface area contributed by atoms with Gasteiger partial charge < -0.3 is 10.6 Å². The van der Waals surface area contributed by atoms with Gasteiger partial charge in [-0.25, -0.2) is 9.37 Å². The van der Waals surface area contributed by atoms with E-state index < -0.39 is 23.6 Å². The molecule has 0 bridgehead atoms. The third-order valence-electron chi connectivity index (χ3n) is 4.32. The number of hydrogen-bond donors (Lipinski definition) is 2. The van der Waals surface area contributed by atoms with E-state index in [4.69, 9.17) is 0 Å². The number of benzene rings is 2. The van der Waals surface area contributed by atoms with Gasteiger partial charge >= 0.3 is 6.18 Å². The average Bonchev–Trinajstić information content (AvgIpc) is 2.77. The summed E-state index contributed by atoms with van der Waals surface area (Å²) >= 11 is 1.07. The van der Waals surface area contributed by atoms with Gasteiger partial charge in [0.1, 0.15) is 16.5 Å². The number of hydrogen-bond acceptors (Lipinski definition) is 4. The number of aromatic nitrogens is 1. The second-order valence-corrected chi connectivity index (χ2v) is 7.68. The zero-order chi connectivity index (χ0) is 23.1. The van der Waals surface area contributed by atoms with Crippen LogP contribution in [0, 0.1) is 5.82 Å². The highest BCUT2D eigenvalue weighted by atomic mass is 32.2. The number of alkyl halides is 3.